The number of nitrogens with one attached hydrogen (secondary N) is 1. The molecule has 1 aromatic carbocycles. The molecule has 1 unspecified atom stereocenters. The van der Waals surface area contributed by atoms with Gasteiger partial charge >= 0.3 is 0 Å². The number of nitrogens with zero attached hydrogens (tertiary/aromatic N) is 2. The minimum absolute atomic E-state index is 0.231. The molecule has 0 radical (unpaired) electrons. The number of guanidine groups is 1. The number of rotatable bonds is 8. The lowest BCUT2D eigenvalue weighted by Crippen LogP contribution is -2.46. The van der Waals surface area contributed by atoms with E-state index < -0.39 is 0 Å². The zero-order valence-electron chi connectivity index (χ0n) is 15.7. The molecule has 1 fully saturated rings. The van der Waals surface area contributed by atoms with Crippen molar-refractivity contribution in [3.63, 3.8) is 0 Å². The van der Waals surface area contributed by atoms with Gasteiger partial charge in [-0.3, -0.25) is 9.79 Å². The van der Waals surface area contributed by atoms with Crippen LogP contribution in [0.5, 0.6) is 5.75 Å². The third kappa shape index (κ3) is 6.55. The quantitative estimate of drug-likeness (QED) is 0.414. The van der Waals surface area contributed by atoms with Gasteiger partial charge in [-0.15, -0.1) is 0 Å². The van der Waals surface area contributed by atoms with Crippen LogP contribution in [0.2, 0.25) is 0 Å². The molecule has 3 N–H and O–H groups in total. The molecule has 26 heavy (non-hydrogen) atoms. The Morgan fingerprint density at radius 1 is 1.42 bits per heavy atom. The molecule has 144 valence electrons. The van der Waals surface area contributed by atoms with Crippen LogP contribution in [0.1, 0.15) is 24.8 Å². The van der Waals surface area contributed by atoms with E-state index in [-0.39, 0.29) is 5.91 Å². The predicted molar refractivity (Wildman–Crippen MR) is 102 cm³/mol. The lowest BCUT2D eigenvalue weighted by Gasteiger charge is -2.34. The van der Waals surface area contributed by atoms with Gasteiger partial charge in [0.25, 0.3) is 0 Å². The van der Waals surface area contributed by atoms with Crippen LogP contribution in [0, 0.1) is 5.92 Å². The third-order valence-corrected chi connectivity index (χ3v) is 4.43. The van der Waals surface area contributed by atoms with Crippen molar-refractivity contribution in [2.75, 3.05) is 40.5 Å². The summed E-state index contributed by atoms with van der Waals surface area (Å²) in [5.41, 5.74) is 6.46. The molecule has 1 amide bonds. The fraction of sp³-hybridized carbons (Fsp3) is 0.579. The van der Waals surface area contributed by atoms with Crippen LogP contribution in [0.4, 0.5) is 0 Å². The Balaban J connectivity index is 1.88. The minimum Gasteiger partial charge on any atom is -0.491 e. The topological polar surface area (TPSA) is 89.2 Å². The van der Waals surface area contributed by atoms with E-state index in [4.69, 9.17) is 15.2 Å². The zero-order valence-corrected chi connectivity index (χ0v) is 15.7. The number of primary amides is 1. The molecule has 1 aromatic rings. The summed E-state index contributed by atoms with van der Waals surface area (Å²) in [4.78, 5) is 17.8. The van der Waals surface area contributed by atoms with Gasteiger partial charge in [-0.25, -0.2) is 0 Å². The highest BCUT2D eigenvalue weighted by Crippen LogP contribution is 2.19. The minimum atomic E-state index is -0.231. The third-order valence-electron chi connectivity index (χ3n) is 4.43. The van der Waals surface area contributed by atoms with Crippen LogP contribution in [0.25, 0.3) is 0 Å². The van der Waals surface area contributed by atoms with Gasteiger partial charge < -0.3 is 25.4 Å². The monoisotopic (exact) mass is 362 g/mol. The molecule has 2 rings (SSSR count). The number of amides is 1. The van der Waals surface area contributed by atoms with E-state index in [1.807, 2.05) is 18.2 Å². The largest absolute Gasteiger partial charge is 0.491 e. The maximum absolute atomic E-state index is 11.2. The summed E-state index contributed by atoms with van der Waals surface area (Å²) < 4.78 is 10.6. The lowest BCUT2D eigenvalue weighted by atomic mass is 9.95. The first-order chi connectivity index (χ1) is 12.6. The molecule has 1 aliphatic rings. The first-order valence-corrected chi connectivity index (χ1v) is 9.07. The van der Waals surface area contributed by atoms with Gasteiger partial charge in [0.15, 0.2) is 5.96 Å². The Bertz CT molecular complexity index is 606. The molecule has 0 aromatic heterocycles. The second kappa shape index (κ2) is 10.7. The molecule has 0 bridgehead atoms. The highest BCUT2D eigenvalue weighted by atomic mass is 16.5. The number of benzene rings is 1. The Kier molecular flexibility index (Phi) is 8.21. The molecule has 0 spiro atoms. The maximum Gasteiger partial charge on any atom is 0.217 e. The van der Waals surface area contributed by atoms with Crippen LogP contribution in [-0.2, 0) is 16.1 Å². The maximum atomic E-state index is 11.2. The van der Waals surface area contributed by atoms with Crippen molar-refractivity contribution in [3.8, 4) is 5.75 Å². The zero-order chi connectivity index (χ0) is 18.8. The molecule has 0 aliphatic carbocycles. The summed E-state index contributed by atoms with van der Waals surface area (Å²) in [6.07, 6.45) is 2.52. The summed E-state index contributed by atoms with van der Waals surface area (Å²) >= 11 is 0. The van der Waals surface area contributed by atoms with E-state index in [9.17, 15) is 4.79 Å². The second-order valence-corrected chi connectivity index (χ2v) is 6.51. The Labute approximate surface area is 155 Å². The molecule has 0 saturated carbocycles. The number of hydrogen-bond donors (Lipinski definition) is 2. The molecular weight excluding hydrogens is 332 g/mol. The van der Waals surface area contributed by atoms with Gasteiger partial charge in [0.2, 0.25) is 5.91 Å². The van der Waals surface area contributed by atoms with Crippen LogP contribution in [-0.4, -0.2) is 57.2 Å². The standard InChI is InChI=1S/C19H30N4O3/c1-21-19(23-8-4-6-16(14-23)12-18(20)24)22-13-15-5-3-7-17(11-15)26-10-9-25-2/h3,5,7,11,16H,4,6,8-10,12-14H2,1-2H3,(H2,20,24)(H,21,22). The molecule has 1 heterocycles. The number of aliphatic imine (C=N–C) groups is 1. The fourth-order valence-electron chi connectivity index (χ4n) is 3.21. The normalized spacial score (nSPS) is 17.8. The van der Waals surface area contributed by atoms with Crippen LogP contribution >= 0.6 is 0 Å². The van der Waals surface area contributed by atoms with E-state index in [1.54, 1.807) is 14.2 Å². The van der Waals surface area contributed by atoms with Gasteiger partial charge in [-0.05, 0) is 36.5 Å². The van der Waals surface area contributed by atoms with Gasteiger partial charge in [-0.2, -0.15) is 0 Å². The number of methoxy groups -OCH3 is 1. The average Bonchev–Trinajstić information content (AvgIpc) is 2.63. The van der Waals surface area contributed by atoms with Gasteiger partial charge in [0.05, 0.1) is 6.61 Å². The highest BCUT2D eigenvalue weighted by Gasteiger charge is 2.23. The number of hydrogen-bond acceptors (Lipinski definition) is 4. The first kappa shape index (κ1) is 20.0. The number of nitrogens with two attached hydrogens (primary N) is 1. The van der Waals surface area contributed by atoms with Crippen LogP contribution < -0.4 is 15.8 Å². The SMILES string of the molecule is CN=C(NCc1cccc(OCCOC)c1)N1CCCC(CC(N)=O)C1. The number of likely N-dealkylation sites (tertiary alicyclic amines) is 1. The van der Waals surface area contributed by atoms with Crippen molar-refractivity contribution in [1.29, 1.82) is 0 Å². The van der Waals surface area contributed by atoms with Crippen molar-refractivity contribution >= 4 is 11.9 Å². The van der Waals surface area contributed by atoms with Crippen molar-refractivity contribution < 1.29 is 14.3 Å². The Morgan fingerprint density at radius 3 is 3.00 bits per heavy atom. The van der Waals surface area contributed by atoms with E-state index in [1.165, 1.54) is 0 Å². The first-order valence-electron chi connectivity index (χ1n) is 9.07. The van der Waals surface area contributed by atoms with Crippen molar-refractivity contribution in [2.45, 2.75) is 25.8 Å². The summed E-state index contributed by atoms with van der Waals surface area (Å²) in [5, 5.41) is 3.40. The fourth-order valence-corrected chi connectivity index (χ4v) is 3.21. The number of piperidine rings is 1. The number of carbonyl (C=O) groups is 1. The van der Waals surface area contributed by atoms with Crippen molar-refractivity contribution in [1.82, 2.24) is 10.2 Å². The molecule has 7 nitrogen and oxygen atoms in total. The number of ether oxygens (including phenoxy) is 2. The van der Waals surface area contributed by atoms with Gasteiger partial charge in [0.1, 0.15) is 12.4 Å². The summed E-state index contributed by atoms with van der Waals surface area (Å²) in [6, 6.07) is 7.98. The highest BCUT2D eigenvalue weighted by molar-refractivity contribution is 5.80. The van der Waals surface area contributed by atoms with E-state index in [0.717, 1.165) is 43.2 Å². The van der Waals surface area contributed by atoms with Crippen LogP contribution in [0.3, 0.4) is 0 Å². The molecule has 7 heteroatoms. The van der Waals surface area contributed by atoms with Crippen molar-refractivity contribution in [3.05, 3.63) is 29.8 Å². The summed E-state index contributed by atoms with van der Waals surface area (Å²) in [6.45, 7) is 3.50. The van der Waals surface area contributed by atoms with Gasteiger partial charge in [0, 0.05) is 40.2 Å². The molecular formula is C19H30N4O3. The van der Waals surface area contributed by atoms with Crippen molar-refractivity contribution in [2.24, 2.45) is 16.6 Å². The predicted octanol–water partition coefficient (Wildman–Crippen LogP) is 1.37. The van der Waals surface area contributed by atoms with E-state index >= 15 is 0 Å². The molecule has 1 aliphatic heterocycles. The smallest absolute Gasteiger partial charge is 0.217 e. The lowest BCUT2D eigenvalue weighted by molar-refractivity contribution is -0.119. The second-order valence-electron chi connectivity index (χ2n) is 6.51. The molecule has 1 atom stereocenters. The van der Waals surface area contributed by atoms with Crippen LogP contribution in [0.15, 0.2) is 29.3 Å². The average molecular weight is 362 g/mol. The summed E-state index contributed by atoms with van der Waals surface area (Å²) in [7, 11) is 3.44. The summed E-state index contributed by atoms with van der Waals surface area (Å²) in [5.74, 6) is 1.75. The van der Waals surface area contributed by atoms with E-state index in [0.29, 0.717) is 32.1 Å². The Morgan fingerprint density at radius 2 is 2.27 bits per heavy atom. The van der Waals surface area contributed by atoms with E-state index in [2.05, 4.69) is 21.3 Å². The van der Waals surface area contributed by atoms with Gasteiger partial charge in [-0.1, -0.05) is 12.1 Å². The number of carbonyl (C=O) groups excluding carboxylic acids is 1. The molecule has 1 saturated heterocycles. The Hall–Kier alpha value is -2.28.